The Morgan fingerprint density at radius 1 is 1.09 bits per heavy atom. The molecule has 1 aliphatic rings. The summed E-state index contributed by atoms with van der Waals surface area (Å²) in [6.07, 6.45) is 0.861. The number of ether oxygens (including phenoxy) is 2. The van der Waals surface area contributed by atoms with Crippen LogP contribution in [0.5, 0.6) is 5.75 Å². The number of methoxy groups -OCH3 is 1. The molecule has 0 aliphatic carbocycles. The van der Waals surface area contributed by atoms with Gasteiger partial charge in [-0.15, -0.1) is 0 Å². The van der Waals surface area contributed by atoms with E-state index < -0.39 is 15.8 Å². The van der Waals surface area contributed by atoms with Gasteiger partial charge in [-0.25, -0.2) is 12.8 Å². The normalized spacial score (nSPS) is 15.1. The van der Waals surface area contributed by atoms with Crippen molar-refractivity contribution in [3.8, 4) is 11.8 Å². The Bertz CT molecular complexity index is 1380. The highest BCUT2D eigenvalue weighted by Crippen LogP contribution is 2.28. The molecule has 3 aromatic rings. The number of fused-ring (bicyclic) bond motifs is 1. The Kier molecular flexibility index (Phi) is 6.82. The van der Waals surface area contributed by atoms with Gasteiger partial charge in [0.2, 0.25) is 10.0 Å². The van der Waals surface area contributed by atoms with E-state index in [4.69, 9.17) is 14.7 Å². The van der Waals surface area contributed by atoms with Crippen LogP contribution in [0.25, 0.3) is 10.8 Å². The number of nitriles is 1. The Labute approximate surface area is 197 Å². The third-order valence-corrected chi connectivity index (χ3v) is 7.88. The first-order chi connectivity index (χ1) is 16.3. The highest BCUT2D eigenvalue weighted by Gasteiger charge is 2.32. The maximum atomic E-state index is 14.1. The summed E-state index contributed by atoms with van der Waals surface area (Å²) >= 11 is 0. The zero-order valence-electron chi connectivity index (χ0n) is 18.5. The number of nitrogens with zero attached hydrogens (tertiary/aromatic N) is 2. The molecular formula is C25H23FN2O5S. The molecule has 1 saturated heterocycles. The van der Waals surface area contributed by atoms with Gasteiger partial charge in [-0.05, 0) is 60.0 Å². The number of hydrogen-bond donors (Lipinski definition) is 0. The summed E-state index contributed by atoms with van der Waals surface area (Å²) < 4.78 is 52.1. The van der Waals surface area contributed by atoms with Crippen molar-refractivity contribution in [1.29, 1.82) is 5.26 Å². The summed E-state index contributed by atoms with van der Waals surface area (Å²) in [5, 5.41) is 10.3. The summed E-state index contributed by atoms with van der Waals surface area (Å²) in [5.41, 5.74) is 0.571. The van der Waals surface area contributed by atoms with E-state index >= 15 is 0 Å². The molecular weight excluding hydrogens is 459 g/mol. The van der Waals surface area contributed by atoms with E-state index in [2.05, 4.69) is 0 Å². The molecule has 7 nitrogen and oxygen atoms in total. The average Bonchev–Trinajstić information content (AvgIpc) is 2.87. The lowest BCUT2D eigenvalue weighted by molar-refractivity contribution is -0.146. The van der Waals surface area contributed by atoms with Gasteiger partial charge in [-0.2, -0.15) is 9.57 Å². The molecule has 0 bridgehead atoms. The SMILES string of the molecule is COC(=O)C1CCN(S(=O)(=O)c2ccc3cc(OCc4ccc(C#N)cc4F)ccc3c2)CC1. The van der Waals surface area contributed by atoms with Crippen LogP contribution in [0.3, 0.4) is 0 Å². The van der Waals surface area contributed by atoms with Crippen LogP contribution < -0.4 is 4.74 Å². The predicted octanol–water partition coefficient (Wildman–Crippen LogP) is 4.00. The Hall–Kier alpha value is -3.48. The first kappa shape index (κ1) is 23.7. The second-order valence-corrected chi connectivity index (χ2v) is 10.0. The third-order valence-electron chi connectivity index (χ3n) is 5.99. The first-order valence-corrected chi connectivity index (χ1v) is 12.2. The van der Waals surface area contributed by atoms with Crippen molar-refractivity contribution in [2.24, 2.45) is 5.92 Å². The highest BCUT2D eigenvalue weighted by molar-refractivity contribution is 7.89. The van der Waals surface area contributed by atoms with Gasteiger partial charge in [-0.3, -0.25) is 4.79 Å². The molecule has 0 saturated carbocycles. The molecule has 9 heteroatoms. The zero-order chi connectivity index (χ0) is 24.3. The molecule has 176 valence electrons. The number of benzene rings is 3. The molecule has 1 heterocycles. The molecule has 4 rings (SSSR count). The average molecular weight is 483 g/mol. The van der Waals surface area contributed by atoms with Crippen molar-refractivity contribution in [1.82, 2.24) is 4.31 Å². The summed E-state index contributed by atoms with van der Waals surface area (Å²) in [6.45, 7) is 0.523. The van der Waals surface area contributed by atoms with Crippen LogP contribution in [0.1, 0.15) is 24.0 Å². The highest BCUT2D eigenvalue weighted by atomic mass is 32.2. The largest absolute Gasteiger partial charge is 0.489 e. The fraction of sp³-hybridized carbons (Fsp3) is 0.280. The minimum atomic E-state index is -3.69. The number of carbonyl (C=O) groups is 1. The number of sulfonamides is 1. The molecule has 0 N–H and O–H groups in total. The van der Waals surface area contributed by atoms with Crippen molar-refractivity contribution in [3.63, 3.8) is 0 Å². The van der Waals surface area contributed by atoms with Crippen molar-refractivity contribution < 1.29 is 27.1 Å². The minimum absolute atomic E-state index is 0.00294. The maximum Gasteiger partial charge on any atom is 0.308 e. The number of esters is 1. The first-order valence-electron chi connectivity index (χ1n) is 10.7. The van der Waals surface area contributed by atoms with Gasteiger partial charge in [0.05, 0.1) is 29.6 Å². The van der Waals surface area contributed by atoms with Crippen LogP contribution in [0.2, 0.25) is 0 Å². The molecule has 0 atom stereocenters. The number of carbonyl (C=O) groups excluding carboxylic acids is 1. The lowest BCUT2D eigenvalue weighted by Crippen LogP contribution is -2.40. The number of hydrogen-bond acceptors (Lipinski definition) is 6. The number of halogens is 1. The maximum absolute atomic E-state index is 14.1. The van der Waals surface area contributed by atoms with E-state index in [0.717, 1.165) is 10.8 Å². The van der Waals surface area contributed by atoms with E-state index in [1.54, 1.807) is 36.4 Å². The van der Waals surface area contributed by atoms with Crippen LogP contribution in [0, 0.1) is 23.1 Å². The Balaban J connectivity index is 1.47. The predicted molar refractivity (Wildman–Crippen MR) is 123 cm³/mol. The van der Waals surface area contributed by atoms with Crippen LogP contribution >= 0.6 is 0 Å². The molecule has 1 aliphatic heterocycles. The van der Waals surface area contributed by atoms with Gasteiger partial charge < -0.3 is 9.47 Å². The van der Waals surface area contributed by atoms with Crippen molar-refractivity contribution in [2.75, 3.05) is 20.2 Å². The molecule has 0 unspecified atom stereocenters. The molecule has 0 spiro atoms. The van der Waals surface area contributed by atoms with Gasteiger partial charge >= 0.3 is 5.97 Å². The number of piperidine rings is 1. The number of rotatable bonds is 6. The molecule has 34 heavy (non-hydrogen) atoms. The van der Waals surface area contributed by atoms with E-state index in [-0.39, 0.29) is 42.0 Å². The van der Waals surface area contributed by atoms with Gasteiger partial charge in [-0.1, -0.05) is 18.2 Å². The van der Waals surface area contributed by atoms with E-state index in [1.165, 1.54) is 29.6 Å². The monoisotopic (exact) mass is 482 g/mol. The molecule has 0 amide bonds. The lowest BCUT2D eigenvalue weighted by Gasteiger charge is -2.29. The van der Waals surface area contributed by atoms with Crippen LogP contribution in [0.15, 0.2) is 59.5 Å². The van der Waals surface area contributed by atoms with Crippen LogP contribution in [-0.4, -0.2) is 38.9 Å². The van der Waals surface area contributed by atoms with Gasteiger partial charge in [0, 0.05) is 18.7 Å². The molecule has 0 radical (unpaired) electrons. The summed E-state index contributed by atoms with van der Waals surface area (Å²) in [7, 11) is -2.36. The second-order valence-electron chi connectivity index (χ2n) is 8.08. The van der Waals surface area contributed by atoms with Crippen LogP contribution in [-0.2, 0) is 26.2 Å². The Morgan fingerprint density at radius 3 is 2.47 bits per heavy atom. The van der Waals surface area contributed by atoms with Gasteiger partial charge in [0.25, 0.3) is 0 Å². The topological polar surface area (TPSA) is 96.7 Å². The van der Waals surface area contributed by atoms with Crippen molar-refractivity contribution in [3.05, 3.63) is 71.5 Å². The minimum Gasteiger partial charge on any atom is -0.489 e. The summed E-state index contributed by atoms with van der Waals surface area (Å²) in [5.74, 6) is -0.575. The smallest absolute Gasteiger partial charge is 0.308 e. The summed E-state index contributed by atoms with van der Waals surface area (Å²) in [4.78, 5) is 11.9. The summed E-state index contributed by atoms with van der Waals surface area (Å²) in [6, 6.07) is 16.2. The molecule has 0 aromatic heterocycles. The lowest BCUT2D eigenvalue weighted by atomic mass is 9.99. The molecule has 1 fully saturated rings. The van der Waals surface area contributed by atoms with Crippen molar-refractivity contribution in [2.45, 2.75) is 24.3 Å². The van der Waals surface area contributed by atoms with E-state index in [1.807, 2.05) is 6.07 Å². The van der Waals surface area contributed by atoms with Crippen LogP contribution in [0.4, 0.5) is 4.39 Å². The van der Waals surface area contributed by atoms with E-state index in [0.29, 0.717) is 24.2 Å². The quantitative estimate of drug-likeness (QED) is 0.493. The van der Waals surface area contributed by atoms with Gasteiger partial charge in [0.1, 0.15) is 18.2 Å². The van der Waals surface area contributed by atoms with Crippen molar-refractivity contribution >= 4 is 26.8 Å². The standard InChI is InChI=1S/C25H23FN2O5S/c1-32-25(29)18-8-10-28(11-9-18)34(30,31)23-7-5-19-13-22(6-4-20(19)14-23)33-16-21-3-2-17(15-27)12-24(21)26/h2-7,12-14,18H,8-11,16H2,1H3. The second kappa shape index (κ2) is 9.79. The fourth-order valence-electron chi connectivity index (χ4n) is 3.99. The molecule has 3 aromatic carbocycles. The third kappa shape index (κ3) is 4.88. The van der Waals surface area contributed by atoms with Gasteiger partial charge in [0.15, 0.2) is 0 Å². The fourth-order valence-corrected chi connectivity index (χ4v) is 5.50. The zero-order valence-corrected chi connectivity index (χ0v) is 19.3. The Morgan fingerprint density at radius 2 is 1.79 bits per heavy atom. The van der Waals surface area contributed by atoms with E-state index in [9.17, 15) is 17.6 Å².